The zero-order chi connectivity index (χ0) is 9.84. The minimum atomic E-state index is -0.260. The molecule has 4 nitrogen and oxygen atoms in total. The molecule has 0 spiro atoms. The molecule has 0 aromatic carbocycles. The van der Waals surface area contributed by atoms with Gasteiger partial charge in [-0.3, -0.25) is 9.59 Å². The Labute approximate surface area is 77.2 Å². The van der Waals surface area contributed by atoms with Crippen molar-refractivity contribution in [1.82, 2.24) is 0 Å². The van der Waals surface area contributed by atoms with E-state index in [1.165, 1.54) is 14.0 Å². The normalized spacial score (nSPS) is 25.1. The van der Waals surface area contributed by atoms with Gasteiger partial charge in [0.25, 0.3) is 0 Å². The van der Waals surface area contributed by atoms with Crippen LogP contribution in [-0.4, -0.2) is 25.7 Å². The van der Waals surface area contributed by atoms with Gasteiger partial charge >= 0.3 is 11.9 Å². The molecule has 0 aromatic rings. The van der Waals surface area contributed by atoms with Gasteiger partial charge in [0.2, 0.25) is 0 Å². The van der Waals surface area contributed by atoms with Crippen LogP contribution in [0, 0.1) is 11.8 Å². The summed E-state index contributed by atoms with van der Waals surface area (Å²) in [6, 6.07) is 0. The van der Waals surface area contributed by atoms with Crippen LogP contribution in [0.2, 0.25) is 0 Å². The number of hydrogen-bond donors (Lipinski definition) is 0. The molecule has 4 heteroatoms. The fourth-order valence-corrected chi connectivity index (χ4v) is 1.29. The first-order valence-electron chi connectivity index (χ1n) is 4.33. The van der Waals surface area contributed by atoms with E-state index in [-0.39, 0.29) is 11.9 Å². The van der Waals surface area contributed by atoms with Crippen LogP contribution in [0.3, 0.4) is 0 Å². The first-order valence-corrected chi connectivity index (χ1v) is 4.33. The minimum absolute atomic E-state index is 0.185. The van der Waals surface area contributed by atoms with E-state index in [9.17, 15) is 9.59 Å². The Balaban J connectivity index is 2.09. The highest BCUT2D eigenvalue weighted by Crippen LogP contribution is 2.41. The number of carbonyl (C=O) groups excluding carboxylic acids is 2. The fourth-order valence-electron chi connectivity index (χ4n) is 1.29. The van der Waals surface area contributed by atoms with Crippen LogP contribution in [0.5, 0.6) is 0 Å². The topological polar surface area (TPSA) is 52.6 Å². The first kappa shape index (κ1) is 10.0. The molecule has 1 saturated carbocycles. The van der Waals surface area contributed by atoms with Gasteiger partial charge in [-0.15, -0.1) is 0 Å². The minimum Gasteiger partial charge on any atom is -0.469 e. The van der Waals surface area contributed by atoms with E-state index in [2.05, 4.69) is 4.74 Å². The van der Waals surface area contributed by atoms with Crippen LogP contribution in [0.1, 0.15) is 19.8 Å². The van der Waals surface area contributed by atoms with E-state index >= 15 is 0 Å². The molecule has 0 heterocycles. The van der Waals surface area contributed by atoms with Crippen molar-refractivity contribution in [2.75, 3.05) is 13.7 Å². The van der Waals surface area contributed by atoms with Gasteiger partial charge < -0.3 is 9.47 Å². The Hall–Kier alpha value is -1.06. The van der Waals surface area contributed by atoms with Gasteiger partial charge in [-0.1, -0.05) is 0 Å². The van der Waals surface area contributed by atoms with Gasteiger partial charge in [-0.25, -0.2) is 0 Å². The van der Waals surface area contributed by atoms with Crippen LogP contribution >= 0.6 is 0 Å². The molecule has 0 aliphatic heterocycles. The summed E-state index contributed by atoms with van der Waals surface area (Å²) < 4.78 is 9.35. The molecule has 74 valence electrons. The highest BCUT2D eigenvalue weighted by molar-refractivity contribution is 5.70. The Kier molecular flexibility index (Phi) is 3.28. The molecule has 1 rings (SSSR count). The number of ether oxygens (including phenoxy) is 2. The monoisotopic (exact) mass is 186 g/mol. The molecule has 2 atom stereocenters. The second kappa shape index (κ2) is 4.25. The average molecular weight is 186 g/mol. The van der Waals surface area contributed by atoms with Gasteiger partial charge in [0.15, 0.2) is 0 Å². The van der Waals surface area contributed by atoms with E-state index in [4.69, 9.17) is 4.74 Å². The molecule has 0 N–H and O–H groups in total. The predicted molar refractivity (Wildman–Crippen MR) is 44.9 cm³/mol. The van der Waals surface area contributed by atoms with E-state index in [1.54, 1.807) is 0 Å². The lowest BCUT2D eigenvalue weighted by Gasteiger charge is -2.00. The van der Waals surface area contributed by atoms with Crippen molar-refractivity contribution in [3.05, 3.63) is 0 Å². The second-order valence-electron chi connectivity index (χ2n) is 3.34. The number of methoxy groups -OCH3 is 1. The molecule has 0 amide bonds. The maximum Gasteiger partial charge on any atom is 0.305 e. The lowest BCUT2D eigenvalue weighted by atomic mass is 10.2. The smallest absolute Gasteiger partial charge is 0.305 e. The van der Waals surface area contributed by atoms with Crippen molar-refractivity contribution in [1.29, 1.82) is 0 Å². The Bertz CT molecular complexity index is 212. The third-order valence-electron chi connectivity index (χ3n) is 2.23. The molecule has 0 unspecified atom stereocenters. The maximum atomic E-state index is 10.8. The van der Waals surface area contributed by atoms with Crippen LogP contribution in [-0.2, 0) is 19.1 Å². The highest BCUT2D eigenvalue weighted by Gasteiger charge is 2.39. The van der Waals surface area contributed by atoms with Crippen LogP contribution in [0.25, 0.3) is 0 Å². The van der Waals surface area contributed by atoms with Crippen molar-refractivity contribution in [2.24, 2.45) is 11.8 Å². The quantitative estimate of drug-likeness (QED) is 0.608. The zero-order valence-corrected chi connectivity index (χ0v) is 7.91. The molecule has 0 bridgehead atoms. The van der Waals surface area contributed by atoms with Gasteiger partial charge in [-0.05, 0) is 18.3 Å². The molecule has 0 radical (unpaired) electrons. The van der Waals surface area contributed by atoms with E-state index < -0.39 is 0 Å². The number of esters is 2. The summed E-state index contributed by atoms with van der Waals surface area (Å²) in [5.74, 6) is 0.272. The van der Waals surface area contributed by atoms with Crippen LogP contribution in [0.4, 0.5) is 0 Å². The summed E-state index contributed by atoms with van der Waals surface area (Å²) in [4.78, 5) is 21.3. The molecule has 1 aliphatic carbocycles. The predicted octanol–water partition coefficient (Wildman–Crippen LogP) is 0.749. The third kappa shape index (κ3) is 3.44. The molecule has 1 aliphatic rings. The standard InChI is InChI=1S/C9H14O4/c1-6(10)13-5-8-3-7(8)4-9(11)12-2/h7-8H,3-5H2,1-2H3/t7-,8-/m0/s1. The van der Waals surface area contributed by atoms with Gasteiger partial charge in [0.1, 0.15) is 0 Å². The van der Waals surface area contributed by atoms with E-state index in [0.29, 0.717) is 24.9 Å². The largest absolute Gasteiger partial charge is 0.469 e. The number of carbonyl (C=O) groups is 2. The van der Waals surface area contributed by atoms with Crippen LogP contribution in [0.15, 0.2) is 0 Å². The summed E-state index contributed by atoms with van der Waals surface area (Å²) in [5, 5.41) is 0. The number of rotatable bonds is 4. The summed E-state index contributed by atoms with van der Waals surface area (Å²) in [7, 11) is 1.38. The Morgan fingerprint density at radius 3 is 2.62 bits per heavy atom. The van der Waals surface area contributed by atoms with Gasteiger partial charge in [0.05, 0.1) is 13.7 Å². The molecule has 0 aromatic heterocycles. The van der Waals surface area contributed by atoms with Crippen LogP contribution < -0.4 is 0 Å². The molecular formula is C9H14O4. The SMILES string of the molecule is COC(=O)C[C@@H]1C[C@H]1COC(C)=O. The maximum absolute atomic E-state index is 10.8. The first-order chi connectivity index (χ1) is 6.13. The van der Waals surface area contributed by atoms with Crippen molar-refractivity contribution in [2.45, 2.75) is 19.8 Å². The lowest BCUT2D eigenvalue weighted by Crippen LogP contribution is -2.06. The number of hydrogen-bond acceptors (Lipinski definition) is 4. The summed E-state index contributed by atoms with van der Waals surface area (Å²) >= 11 is 0. The molecule has 13 heavy (non-hydrogen) atoms. The summed E-state index contributed by atoms with van der Waals surface area (Å²) in [6.07, 6.45) is 1.41. The average Bonchev–Trinajstić information content (AvgIpc) is 2.80. The van der Waals surface area contributed by atoms with Crippen molar-refractivity contribution >= 4 is 11.9 Å². The van der Waals surface area contributed by atoms with Gasteiger partial charge in [-0.2, -0.15) is 0 Å². The van der Waals surface area contributed by atoms with E-state index in [0.717, 1.165) is 6.42 Å². The molecule has 1 fully saturated rings. The van der Waals surface area contributed by atoms with Crippen molar-refractivity contribution in [3.63, 3.8) is 0 Å². The summed E-state index contributed by atoms with van der Waals surface area (Å²) in [5.41, 5.74) is 0. The second-order valence-corrected chi connectivity index (χ2v) is 3.34. The zero-order valence-electron chi connectivity index (χ0n) is 7.91. The van der Waals surface area contributed by atoms with Crippen molar-refractivity contribution in [3.8, 4) is 0 Å². The van der Waals surface area contributed by atoms with E-state index in [1.807, 2.05) is 0 Å². The molecule has 0 saturated heterocycles. The lowest BCUT2D eigenvalue weighted by molar-refractivity contribution is -0.141. The highest BCUT2D eigenvalue weighted by atomic mass is 16.5. The third-order valence-corrected chi connectivity index (χ3v) is 2.23. The Morgan fingerprint density at radius 1 is 1.38 bits per heavy atom. The Morgan fingerprint density at radius 2 is 2.08 bits per heavy atom. The fraction of sp³-hybridized carbons (Fsp3) is 0.778. The molecular weight excluding hydrogens is 172 g/mol. The van der Waals surface area contributed by atoms with Gasteiger partial charge in [0, 0.05) is 13.3 Å². The summed E-state index contributed by atoms with van der Waals surface area (Å²) in [6.45, 7) is 1.83. The van der Waals surface area contributed by atoms with Crippen molar-refractivity contribution < 1.29 is 19.1 Å².